The highest BCUT2D eigenvalue weighted by Crippen LogP contribution is 2.36. The van der Waals surface area contributed by atoms with Crippen molar-refractivity contribution in [3.8, 4) is 0 Å². The lowest BCUT2D eigenvalue weighted by Crippen LogP contribution is -2.36. The van der Waals surface area contributed by atoms with Gasteiger partial charge in [0.15, 0.2) is 5.79 Å². The summed E-state index contributed by atoms with van der Waals surface area (Å²) in [4.78, 5) is 0. The number of rotatable bonds is 3. The van der Waals surface area contributed by atoms with Crippen molar-refractivity contribution >= 4 is 19.7 Å². The molecule has 0 unspecified atom stereocenters. The first-order valence-electron chi connectivity index (χ1n) is 6.97. The van der Waals surface area contributed by atoms with E-state index in [1.165, 1.54) is 0 Å². The van der Waals surface area contributed by atoms with E-state index in [9.17, 15) is 8.42 Å². The van der Waals surface area contributed by atoms with Gasteiger partial charge < -0.3 is 19.3 Å². The molecule has 2 aliphatic heterocycles. The Bertz CT molecular complexity index is 416. The number of hydrogen-bond donors (Lipinski definition) is 1. The molecule has 2 saturated heterocycles. The normalized spacial score (nSPS) is 35.3. The van der Waals surface area contributed by atoms with Gasteiger partial charge in [-0.05, 0) is 32.1 Å². The highest BCUT2D eigenvalue weighted by molar-refractivity contribution is 8.13. The fourth-order valence-corrected chi connectivity index (χ4v) is 2.69. The molecule has 0 aromatic heterocycles. The van der Waals surface area contributed by atoms with Crippen molar-refractivity contribution < 1.29 is 27.7 Å². The lowest BCUT2D eigenvalue weighted by atomic mass is 9.87. The van der Waals surface area contributed by atoms with E-state index in [0.717, 1.165) is 19.3 Å². The van der Waals surface area contributed by atoms with Crippen molar-refractivity contribution in [1.82, 2.24) is 0 Å². The molecule has 0 aromatic rings. The van der Waals surface area contributed by atoms with E-state index >= 15 is 0 Å². The van der Waals surface area contributed by atoms with Gasteiger partial charge >= 0.3 is 0 Å². The van der Waals surface area contributed by atoms with Gasteiger partial charge in [0, 0.05) is 17.3 Å². The zero-order valence-corrected chi connectivity index (χ0v) is 14.5. The molecule has 0 bridgehead atoms. The minimum absolute atomic E-state index is 0.0106. The zero-order valence-electron chi connectivity index (χ0n) is 12.9. The molecule has 2 fully saturated rings. The van der Waals surface area contributed by atoms with E-state index in [0.29, 0.717) is 18.4 Å². The molecule has 6 nitrogen and oxygen atoms in total. The number of aliphatic hydroxyl groups is 1. The van der Waals surface area contributed by atoms with Crippen LogP contribution in [0.3, 0.4) is 0 Å². The monoisotopic (exact) mass is 344 g/mol. The molecule has 2 heterocycles. The number of ether oxygens (including phenoxy) is 3. The van der Waals surface area contributed by atoms with Crippen molar-refractivity contribution in [2.24, 2.45) is 11.8 Å². The lowest BCUT2D eigenvalue weighted by Gasteiger charge is -2.25. The molecule has 0 saturated carbocycles. The van der Waals surface area contributed by atoms with Crippen LogP contribution in [0.5, 0.6) is 0 Å². The van der Waals surface area contributed by atoms with Gasteiger partial charge in [-0.1, -0.05) is 6.92 Å². The summed E-state index contributed by atoms with van der Waals surface area (Å²) in [5, 5.41) is 9.08. The summed E-state index contributed by atoms with van der Waals surface area (Å²) >= 11 is 0. The van der Waals surface area contributed by atoms with Crippen molar-refractivity contribution in [3.63, 3.8) is 0 Å². The molecule has 4 atom stereocenters. The highest BCUT2D eigenvalue weighted by Gasteiger charge is 2.45. The topological polar surface area (TPSA) is 82.1 Å². The van der Waals surface area contributed by atoms with Gasteiger partial charge in [-0.2, -0.15) is 0 Å². The van der Waals surface area contributed by atoms with Gasteiger partial charge in [0.1, 0.15) is 6.10 Å². The van der Waals surface area contributed by atoms with Crippen molar-refractivity contribution in [2.45, 2.75) is 45.2 Å². The fraction of sp³-hybridized carbons (Fsp3) is 1.00. The maximum atomic E-state index is 9.40. The van der Waals surface area contributed by atoms with Crippen LogP contribution >= 0.6 is 10.7 Å². The Labute approximate surface area is 131 Å². The summed E-state index contributed by atoms with van der Waals surface area (Å²) in [5.41, 5.74) is 0. The van der Waals surface area contributed by atoms with Crippen molar-refractivity contribution in [1.29, 1.82) is 0 Å². The van der Waals surface area contributed by atoms with E-state index in [4.69, 9.17) is 19.3 Å². The van der Waals surface area contributed by atoms with Crippen LogP contribution < -0.4 is 0 Å². The smallest absolute Gasteiger partial charge is 0.229 e. The molecule has 0 radical (unpaired) electrons. The van der Waals surface area contributed by atoms with Crippen molar-refractivity contribution in [2.75, 3.05) is 26.1 Å². The van der Waals surface area contributed by atoms with Gasteiger partial charge in [-0.25, -0.2) is 8.42 Å². The Kier molecular flexibility index (Phi) is 6.89. The molecule has 126 valence electrons. The average molecular weight is 345 g/mol. The molecule has 0 aromatic carbocycles. The molecule has 0 aliphatic carbocycles. The Morgan fingerprint density at radius 1 is 1.33 bits per heavy atom. The Balaban J connectivity index is 0.000000383. The highest BCUT2D eigenvalue weighted by atomic mass is 35.7. The Morgan fingerprint density at radius 3 is 2.33 bits per heavy atom. The Hall–Kier alpha value is 0.0800. The fourth-order valence-electron chi connectivity index (χ4n) is 2.69. The van der Waals surface area contributed by atoms with Crippen LogP contribution in [-0.4, -0.2) is 57.6 Å². The zero-order chi connectivity index (χ0) is 16.3. The van der Waals surface area contributed by atoms with Crippen LogP contribution in [0.1, 0.15) is 27.2 Å². The van der Waals surface area contributed by atoms with Crippen LogP contribution in [0.15, 0.2) is 0 Å². The second kappa shape index (κ2) is 7.57. The molecule has 8 heteroatoms. The van der Waals surface area contributed by atoms with Crippen LogP contribution in [0, 0.1) is 11.8 Å². The molecule has 0 spiro atoms. The molecule has 1 N–H and O–H groups in total. The number of halogens is 1. The third-order valence-electron chi connectivity index (χ3n) is 3.56. The molecule has 2 rings (SSSR count). The first-order chi connectivity index (χ1) is 9.53. The van der Waals surface area contributed by atoms with Crippen LogP contribution in [0.2, 0.25) is 0 Å². The lowest BCUT2D eigenvalue weighted by molar-refractivity contribution is -0.155. The summed E-state index contributed by atoms with van der Waals surface area (Å²) in [6.07, 6.45) is 1.79. The minimum atomic E-state index is -3.19. The van der Waals surface area contributed by atoms with Gasteiger partial charge in [0.05, 0.1) is 25.6 Å². The summed E-state index contributed by atoms with van der Waals surface area (Å²) < 4.78 is 36.0. The van der Waals surface area contributed by atoms with Crippen LogP contribution in [0.25, 0.3) is 0 Å². The van der Waals surface area contributed by atoms with E-state index in [1.807, 2.05) is 13.8 Å². The summed E-state index contributed by atoms with van der Waals surface area (Å²) in [6, 6.07) is 0. The number of hydrogen-bond acceptors (Lipinski definition) is 6. The van der Waals surface area contributed by atoms with Gasteiger partial charge in [0.2, 0.25) is 9.05 Å². The average Bonchev–Trinajstić information content (AvgIpc) is 2.82. The molecule has 21 heavy (non-hydrogen) atoms. The predicted octanol–water partition coefficient (Wildman–Crippen LogP) is 1.36. The van der Waals surface area contributed by atoms with Gasteiger partial charge in [0.25, 0.3) is 0 Å². The van der Waals surface area contributed by atoms with Crippen LogP contribution in [0.4, 0.5) is 0 Å². The molecular weight excluding hydrogens is 320 g/mol. The molecule has 2 aliphatic rings. The van der Waals surface area contributed by atoms with Gasteiger partial charge in [-0.3, -0.25) is 0 Å². The maximum Gasteiger partial charge on any atom is 0.229 e. The summed E-state index contributed by atoms with van der Waals surface area (Å²) in [7, 11) is 1.31. The van der Waals surface area contributed by atoms with Crippen LogP contribution in [-0.2, 0) is 23.3 Å². The van der Waals surface area contributed by atoms with E-state index in [2.05, 4.69) is 17.6 Å². The summed E-state index contributed by atoms with van der Waals surface area (Å²) in [6.45, 7) is 7.58. The van der Waals surface area contributed by atoms with Crippen molar-refractivity contribution in [3.05, 3.63) is 0 Å². The quantitative estimate of drug-likeness (QED) is 0.778. The predicted molar refractivity (Wildman–Crippen MR) is 79.7 cm³/mol. The van der Waals surface area contributed by atoms with E-state index in [-0.39, 0.29) is 18.8 Å². The minimum Gasteiger partial charge on any atom is -0.396 e. The second-order valence-corrected chi connectivity index (χ2v) is 9.05. The SMILES string of the molecule is CS(=O)(=O)Cl.C[C@H]1CO[C@H]([C@H]2COC(C)(C)O2)[C@H]1CCO. The first-order valence-corrected chi connectivity index (χ1v) is 9.69. The Morgan fingerprint density at radius 2 is 1.90 bits per heavy atom. The number of aliphatic hydroxyl groups excluding tert-OH is 1. The molecule has 0 amide bonds. The second-order valence-electron chi connectivity index (χ2n) is 6.00. The molecular formula is C13H25ClO6S. The van der Waals surface area contributed by atoms with E-state index in [1.54, 1.807) is 0 Å². The summed E-state index contributed by atoms with van der Waals surface area (Å²) in [5.74, 6) is 0.376. The first kappa shape index (κ1) is 19.1. The third-order valence-corrected chi connectivity index (χ3v) is 3.56. The third kappa shape index (κ3) is 6.80. The largest absolute Gasteiger partial charge is 0.396 e. The van der Waals surface area contributed by atoms with E-state index < -0.39 is 14.8 Å². The standard InChI is InChI=1S/C12H22O4.CH3ClO2S/c1-8-6-14-11(9(8)4-5-13)10-7-15-12(2,3)16-10;1-5(2,3)4/h8-11,13H,4-7H2,1-3H3;1H3/t8-,9-,10+,11-;/m0./s1. The van der Waals surface area contributed by atoms with Gasteiger partial charge in [-0.15, -0.1) is 0 Å². The maximum absolute atomic E-state index is 9.40.